The number of carbonyl (C=O) groups is 1. The van der Waals surface area contributed by atoms with Gasteiger partial charge in [0.05, 0.1) is 0 Å². The van der Waals surface area contributed by atoms with E-state index in [1.165, 1.54) is 4.68 Å². The Kier molecular flexibility index (Phi) is 3.85. The van der Waals surface area contributed by atoms with Crippen molar-refractivity contribution in [2.45, 2.75) is 27.0 Å². The van der Waals surface area contributed by atoms with Gasteiger partial charge in [-0.25, -0.2) is 0 Å². The molecule has 0 fully saturated rings. The van der Waals surface area contributed by atoms with Crippen LogP contribution in [-0.4, -0.2) is 15.7 Å². The molecule has 0 aliphatic carbocycles. The van der Waals surface area contributed by atoms with Gasteiger partial charge >= 0.3 is 5.97 Å². The van der Waals surface area contributed by atoms with Crippen LogP contribution >= 0.6 is 0 Å². The van der Waals surface area contributed by atoms with Crippen molar-refractivity contribution in [3.8, 4) is 0 Å². The molecule has 5 nitrogen and oxygen atoms in total. The number of anilines is 1. The number of nitrogens with two attached hydrogens (primary N) is 1. The highest BCUT2D eigenvalue weighted by Gasteiger charge is 2.06. The van der Waals surface area contributed by atoms with Crippen LogP contribution in [0.3, 0.4) is 0 Å². The second-order valence-corrected chi connectivity index (χ2v) is 4.59. The van der Waals surface area contributed by atoms with Gasteiger partial charge in [-0.15, -0.1) is 0 Å². The smallest absolute Gasteiger partial charge is 0.328 e. The van der Waals surface area contributed by atoms with E-state index in [-0.39, 0.29) is 19.1 Å². The average molecular weight is 259 g/mol. The largest absolute Gasteiger partial charge is 0.459 e. The number of carbonyl (C=O) groups excluding carboxylic acids is 1. The zero-order chi connectivity index (χ0) is 13.8. The number of aryl methyl sites for hydroxylation is 2. The van der Waals surface area contributed by atoms with E-state index in [1.807, 2.05) is 26.0 Å². The lowest BCUT2D eigenvalue weighted by Gasteiger charge is -2.07. The fraction of sp³-hybridized carbons (Fsp3) is 0.286. The normalized spacial score (nSPS) is 10.4. The maximum absolute atomic E-state index is 11.6. The molecule has 100 valence electrons. The van der Waals surface area contributed by atoms with Gasteiger partial charge < -0.3 is 10.5 Å². The van der Waals surface area contributed by atoms with Crippen molar-refractivity contribution in [1.82, 2.24) is 9.78 Å². The minimum absolute atomic E-state index is 0.0714. The SMILES string of the molecule is Cc1cc(C)cc(COC(=O)Cn2ccc(N)n2)c1. The van der Waals surface area contributed by atoms with Gasteiger partial charge in [-0.1, -0.05) is 29.3 Å². The lowest BCUT2D eigenvalue weighted by Crippen LogP contribution is -2.14. The first kappa shape index (κ1) is 13.1. The maximum Gasteiger partial charge on any atom is 0.328 e. The number of aromatic nitrogens is 2. The van der Waals surface area contributed by atoms with Gasteiger partial charge in [0.2, 0.25) is 0 Å². The molecule has 2 N–H and O–H groups in total. The topological polar surface area (TPSA) is 70.1 Å². The number of ether oxygens (including phenoxy) is 1. The average Bonchev–Trinajstić information content (AvgIpc) is 2.71. The van der Waals surface area contributed by atoms with E-state index >= 15 is 0 Å². The summed E-state index contributed by atoms with van der Waals surface area (Å²) in [5.74, 6) is 0.0596. The predicted molar refractivity (Wildman–Crippen MR) is 72.4 cm³/mol. The molecule has 0 atom stereocenters. The first-order valence-corrected chi connectivity index (χ1v) is 6.04. The third-order valence-electron chi connectivity index (χ3n) is 2.63. The van der Waals surface area contributed by atoms with Crippen LogP contribution in [0.5, 0.6) is 0 Å². The van der Waals surface area contributed by atoms with E-state index in [2.05, 4.69) is 11.2 Å². The molecular formula is C14H17N3O2. The first-order valence-electron chi connectivity index (χ1n) is 6.04. The van der Waals surface area contributed by atoms with Crippen LogP contribution in [0.4, 0.5) is 5.82 Å². The molecule has 0 radical (unpaired) electrons. The van der Waals surface area contributed by atoms with Crippen LogP contribution in [-0.2, 0) is 22.7 Å². The summed E-state index contributed by atoms with van der Waals surface area (Å²) >= 11 is 0. The number of nitrogen functional groups attached to an aromatic ring is 1. The summed E-state index contributed by atoms with van der Waals surface area (Å²) < 4.78 is 6.67. The fourth-order valence-corrected chi connectivity index (χ4v) is 1.96. The molecule has 0 saturated carbocycles. The number of esters is 1. The van der Waals surface area contributed by atoms with Crippen molar-refractivity contribution in [1.29, 1.82) is 0 Å². The molecule has 0 aliphatic heterocycles. The number of nitrogens with zero attached hydrogens (tertiary/aromatic N) is 2. The van der Waals surface area contributed by atoms with Crippen LogP contribution < -0.4 is 5.73 Å². The number of hydrogen-bond acceptors (Lipinski definition) is 4. The molecule has 0 aliphatic rings. The van der Waals surface area contributed by atoms with Crippen molar-refractivity contribution in [3.05, 3.63) is 47.2 Å². The Morgan fingerprint density at radius 1 is 1.32 bits per heavy atom. The third-order valence-corrected chi connectivity index (χ3v) is 2.63. The Labute approximate surface area is 112 Å². The summed E-state index contributed by atoms with van der Waals surface area (Å²) in [4.78, 5) is 11.6. The van der Waals surface area contributed by atoms with Crippen LogP contribution in [0.1, 0.15) is 16.7 Å². The molecule has 2 aromatic rings. The van der Waals surface area contributed by atoms with Crippen molar-refractivity contribution in [3.63, 3.8) is 0 Å². The Morgan fingerprint density at radius 2 is 2.00 bits per heavy atom. The van der Waals surface area contributed by atoms with E-state index in [0.29, 0.717) is 5.82 Å². The second kappa shape index (κ2) is 5.56. The van der Waals surface area contributed by atoms with Crippen LogP contribution in [0, 0.1) is 13.8 Å². The van der Waals surface area contributed by atoms with Gasteiger partial charge in [0.15, 0.2) is 0 Å². The molecule has 0 spiro atoms. The minimum Gasteiger partial charge on any atom is -0.459 e. The minimum atomic E-state index is -0.331. The number of rotatable bonds is 4. The molecule has 1 aromatic heterocycles. The third kappa shape index (κ3) is 3.84. The highest BCUT2D eigenvalue weighted by atomic mass is 16.5. The van der Waals surface area contributed by atoms with Crippen molar-refractivity contribution < 1.29 is 9.53 Å². The summed E-state index contributed by atoms with van der Waals surface area (Å²) in [6.07, 6.45) is 1.65. The monoisotopic (exact) mass is 259 g/mol. The summed E-state index contributed by atoms with van der Waals surface area (Å²) in [5, 5.41) is 3.93. The molecule has 0 bridgehead atoms. The van der Waals surface area contributed by atoms with Gasteiger partial charge in [-0.3, -0.25) is 9.48 Å². The quantitative estimate of drug-likeness (QED) is 0.850. The molecule has 1 heterocycles. The first-order chi connectivity index (χ1) is 9.02. The van der Waals surface area contributed by atoms with E-state index in [4.69, 9.17) is 10.5 Å². The fourth-order valence-electron chi connectivity index (χ4n) is 1.96. The van der Waals surface area contributed by atoms with Gasteiger partial charge in [-0.2, -0.15) is 5.10 Å². The molecule has 19 heavy (non-hydrogen) atoms. The Morgan fingerprint density at radius 3 is 2.58 bits per heavy atom. The van der Waals surface area contributed by atoms with Gasteiger partial charge in [-0.05, 0) is 25.5 Å². The van der Waals surface area contributed by atoms with E-state index in [1.54, 1.807) is 12.3 Å². The Hall–Kier alpha value is -2.30. The number of benzene rings is 1. The molecule has 0 saturated heterocycles. The summed E-state index contributed by atoms with van der Waals surface area (Å²) in [6.45, 7) is 4.38. The van der Waals surface area contributed by atoms with E-state index in [0.717, 1.165) is 16.7 Å². The Balaban J connectivity index is 1.89. The number of hydrogen-bond donors (Lipinski definition) is 1. The van der Waals surface area contributed by atoms with Crippen LogP contribution in [0.2, 0.25) is 0 Å². The predicted octanol–water partition coefficient (Wildman–Crippen LogP) is 1.83. The molecular weight excluding hydrogens is 242 g/mol. The lowest BCUT2D eigenvalue weighted by atomic mass is 10.1. The Bertz CT molecular complexity index is 570. The van der Waals surface area contributed by atoms with Gasteiger partial charge in [0.25, 0.3) is 0 Å². The molecule has 2 rings (SSSR count). The van der Waals surface area contributed by atoms with Crippen molar-refractivity contribution in [2.75, 3.05) is 5.73 Å². The zero-order valence-corrected chi connectivity index (χ0v) is 11.1. The summed E-state index contributed by atoms with van der Waals surface area (Å²) in [6, 6.07) is 7.73. The second-order valence-electron chi connectivity index (χ2n) is 4.59. The van der Waals surface area contributed by atoms with E-state index in [9.17, 15) is 4.79 Å². The molecule has 5 heteroatoms. The highest BCUT2D eigenvalue weighted by Crippen LogP contribution is 2.10. The highest BCUT2D eigenvalue weighted by molar-refractivity contribution is 5.69. The maximum atomic E-state index is 11.6. The standard InChI is InChI=1S/C14H17N3O2/c1-10-5-11(2)7-12(6-10)9-19-14(18)8-17-4-3-13(15)16-17/h3-7H,8-9H2,1-2H3,(H2,15,16). The van der Waals surface area contributed by atoms with E-state index < -0.39 is 0 Å². The summed E-state index contributed by atoms with van der Waals surface area (Å²) in [7, 11) is 0. The molecule has 1 aromatic carbocycles. The van der Waals surface area contributed by atoms with Crippen LogP contribution in [0.15, 0.2) is 30.5 Å². The van der Waals surface area contributed by atoms with Crippen molar-refractivity contribution in [2.24, 2.45) is 0 Å². The van der Waals surface area contributed by atoms with Gasteiger partial charge in [0, 0.05) is 6.20 Å². The molecule has 0 amide bonds. The van der Waals surface area contributed by atoms with Crippen molar-refractivity contribution >= 4 is 11.8 Å². The lowest BCUT2D eigenvalue weighted by molar-refractivity contribution is -0.145. The molecule has 0 unspecified atom stereocenters. The van der Waals surface area contributed by atoms with Crippen LogP contribution in [0.25, 0.3) is 0 Å². The summed E-state index contributed by atoms with van der Waals surface area (Å²) in [5.41, 5.74) is 8.78. The van der Waals surface area contributed by atoms with Gasteiger partial charge in [0.1, 0.15) is 19.0 Å². The zero-order valence-electron chi connectivity index (χ0n) is 11.1.